The molecule has 0 spiro atoms. The van der Waals surface area contributed by atoms with Gasteiger partial charge in [0.25, 0.3) is 0 Å². The third-order valence-corrected chi connectivity index (χ3v) is 3.56. The average Bonchev–Trinajstić information content (AvgIpc) is 2.67. The minimum Gasteiger partial charge on any atom is -0.360 e. The quantitative estimate of drug-likeness (QED) is 0.821. The molecule has 0 amide bonds. The van der Waals surface area contributed by atoms with Gasteiger partial charge in [-0.05, 0) is 6.07 Å². The molecule has 0 aliphatic carbocycles. The third kappa shape index (κ3) is 3.13. The first-order valence-electron chi connectivity index (χ1n) is 7.05. The van der Waals surface area contributed by atoms with Gasteiger partial charge in [-0.15, -0.1) is 0 Å². The lowest BCUT2D eigenvalue weighted by atomic mass is 10.0. The van der Waals surface area contributed by atoms with Crippen molar-refractivity contribution in [3.05, 3.63) is 65.7 Å². The molecule has 0 bridgehead atoms. The number of benzodiazepines with no additional fused rings is 1. The first-order valence-corrected chi connectivity index (χ1v) is 7.05. The maximum atomic E-state index is 12.8. The molecule has 2 aromatic rings. The van der Waals surface area contributed by atoms with Crippen molar-refractivity contribution in [2.45, 2.75) is 6.18 Å². The number of benzene rings is 2. The third-order valence-electron chi connectivity index (χ3n) is 3.56. The number of fused-ring (bicyclic) bond motifs is 1. The van der Waals surface area contributed by atoms with Gasteiger partial charge in [0, 0.05) is 23.4 Å². The van der Waals surface area contributed by atoms with Crippen molar-refractivity contribution in [1.82, 2.24) is 0 Å². The van der Waals surface area contributed by atoms with Gasteiger partial charge in [-0.3, -0.25) is 4.99 Å². The van der Waals surface area contributed by atoms with E-state index < -0.39 is 12.7 Å². The Morgan fingerprint density at radius 3 is 2.36 bits per heavy atom. The van der Waals surface area contributed by atoms with Gasteiger partial charge in [-0.2, -0.15) is 13.2 Å². The van der Waals surface area contributed by atoms with Crippen molar-refractivity contribution in [2.75, 3.05) is 24.5 Å². The van der Waals surface area contributed by atoms with Crippen LogP contribution in [0.1, 0.15) is 11.1 Å². The van der Waals surface area contributed by atoms with E-state index in [0.717, 1.165) is 16.8 Å². The molecule has 22 heavy (non-hydrogen) atoms. The number of anilines is 1. The summed E-state index contributed by atoms with van der Waals surface area (Å²) < 4.78 is 38.4. The number of hydrogen-bond acceptors (Lipinski definition) is 2. The summed E-state index contributed by atoms with van der Waals surface area (Å²) in [5.41, 5.74) is 3.00. The molecule has 1 aliphatic heterocycles. The van der Waals surface area contributed by atoms with Crippen LogP contribution >= 0.6 is 0 Å². The van der Waals surface area contributed by atoms with E-state index in [1.165, 1.54) is 4.90 Å². The maximum absolute atomic E-state index is 12.8. The van der Waals surface area contributed by atoms with Crippen molar-refractivity contribution in [1.29, 1.82) is 0 Å². The highest BCUT2D eigenvalue weighted by Gasteiger charge is 2.32. The van der Waals surface area contributed by atoms with Crippen molar-refractivity contribution in [3.63, 3.8) is 0 Å². The minimum atomic E-state index is -4.23. The lowest BCUT2D eigenvalue weighted by Crippen LogP contribution is -2.36. The summed E-state index contributed by atoms with van der Waals surface area (Å²) in [6.45, 7) is -0.358. The number of hydrogen-bond donors (Lipinski definition) is 0. The highest BCUT2D eigenvalue weighted by molar-refractivity contribution is 6.16. The normalized spacial score (nSPS) is 15.0. The molecule has 1 aliphatic rings. The zero-order valence-corrected chi connectivity index (χ0v) is 11.8. The smallest absolute Gasteiger partial charge is 0.360 e. The largest absolute Gasteiger partial charge is 0.405 e. The first-order chi connectivity index (χ1) is 10.5. The fourth-order valence-electron chi connectivity index (χ4n) is 2.66. The standard InChI is InChI=1S/C17H15F3N2/c18-17(19,20)12-22-11-10-21-16(13-6-2-1-3-7-13)14-8-4-5-9-15(14)22/h1-9H,10-12H2. The van der Waals surface area contributed by atoms with Crippen LogP contribution in [0, 0.1) is 0 Å². The van der Waals surface area contributed by atoms with Crippen LogP contribution in [-0.2, 0) is 0 Å². The van der Waals surface area contributed by atoms with Gasteiger partial charge in [0.2, 0.25) is 0 Å². The van der Waals surface area contributed by atoms with E-state index in [1.54, 1.807) is 12.1 Å². The van der Waals surface area contributed by atoms with Crippen molar-refractivity contribution in [2.24, 2.45) is 4.99 Å². The summed E-state index contributed by atoms with van der Waals surface area (Å²) in [7, 11) is 0. The van der Waals surface area contributed by atoms with Gasteiger partial charge in [-0.25, -0.2) is 0 Å². The van der Waals surface area contributed by atoms with Crippen LogP contribution < -0.4 is 4.90 Å². The lowest BCUT2D eigenvalue weighted by Gasteiger charge is -2.25. The van der Waals surface area contributed by atoms with Crippen LogP contribution in [0.4, 0.5) is 18.9 Å². The average molecular weight is 304 g/mol. The van der Waals surface area contributed by atoms with E-state index in [-0.39, 0.29) is 6.54 Å². The predicted molar refractivity (Wildman–Crippen MR) is 81.7 cm³/mol. The number of aliphatic imine (C=N–C) groups is 1. The van der Waals surface area contributed by atoms with Gasteiger partial charge in [-0.1, -0.05) is 48.5 Å². The monoisotopic (exact) mass is 304 g/mol. The Kier molecular flexibility index (Phi) is 3.88. The highest BCUT2D eigenvalue weighted by Crippen LogP contribution is 2.29. The van der Waals surface area contributed by atoms with Crippen LogP contribution in [-0.4, -0.2) is 31.5 Å². The molecular formula is C17H15F3N2. The fourth-order valence-corrected chi connectivity index (χ4v) is 2.66. The molecule has 0 unspecified atom stereocenters. The van der Waals surface area contributed by atoms with E-state index in [0.29, 0.717) is 12.2 Å². The molecule has 5 heteroatoms. The van der Waals surface area contributed by atoms with Gasteiger partial charge in [0.1, 0.15) is 6.54 Å². The second-order valence-corrected chi connectivity index (χ2v) is 5.15. The zero-order valence-electron chi connectivity index (χ0n) is 11.8. The SMILES string of the molecule is FC(F)(F)CN1CCN=C(c2ccccc2)c2ccccc21. The Hall–Kier alpha value is -2.30. The van der Waals surface area contributed by atoms with Crippen LogP contribution in [0.5, 0.6) is 0 Å². The predicted octanol–water partition coefficient (Wildman–Crippen LogP) is 3.91. The van der Waals surface area contributed by atoms with E-state index in [4.69, 9.17) is 0 Å². The molecule has 0 saturated heterocycles. The molecular weight excluding hydrogens is 289 g/mol. The maximum Gasteiger partial charge on any atom is 0.405 e. The lowest BCUT2D eigenvalue weighted by molar-refractivity contribution is -0.119. The number of rotatable bonds is 2. The van der Waals surface area contributed by atoms with Crippen LogP contribution in [0.25, 0.3) is 0 Å². The van der Waals surface area contributed by atoms with Crippen LogP contribution in [0.15, 0.2) is 59.6 Å². The second kappa shape index (κ2) is 5.83. The Morgan fingerprint density at radius 2 is 1.64 bits per heavy atom. The number of alkyl halides is 3. The summed E-state index contributed by atoms with van der Waals surface area (Å²) in [6, 6.07) is 16.7. The summed E-state index contributed by atoms with van der Waals surface area (Å²) >= 11 is 0. The van der Waals surface area contributed by atoms with Crippen molar-refractivity contribution in [3.8, 4) is 0 Å². The molecule has 2 nitrogen and oxygen atoms in total. The Balaban J connectivity index is 2.04. The number of para-hydroxylation sites is 1. The molecule has 114 valence electrons. The topological polar surface area (TPSA) is 15.6 Å². The molecule has 0 N–H and O–H groups in total. The molecule has 0 radical (unpaired) electrons. The fraction of sp³-hybridized carbons (Fsp3) is 0.235. The van der Waals surface area contributed by atoms with Gasteiger partial charge >= 0.3 is 6.18 Å². The molecule has 3 rings (SSSR count). The van der Waals surface area contributed by atoms with Crippen LogP contribution in [0.3, 0.4) is 0 Å². The minimum absolute atomic E-state index is 0.257. The van der Waals surface area contributed by atoms with E-state index in [2.05, 4.69) is 4.99 Å². The van der Waals surface area contributed by atoms with Gasteiger partial charge < -0.3 is 4.90 Å². The molecule has 0 fully saturated rings. The van der Waals surface area contributed by atoms with Gasteiger partial charge in [0.05, 0.1) is 12.3 Å². The van der Waals surface area contributed by atoms with E-state index in [1.807, 2.05) is 42.5 Å². The number of nitrogens with zero attached hydrogens (tertiary/aromatic N) is 2. The molecule has 1 heterocycles. The highest BCUT2D eigenvalue weighted by atomic mass is 19.4. The molecule has 0 saturated carbocycles. The Bertz CT molecular complexity index is 678. The molecule has 0 aromatic heterocycles. The zero-order chi connectivity index (χ0) is 15.6. The van der Waals surface area contributed by atoms with E-state index >= 15 is 0 Å². The summed E-state index contributed by atoms with van der Waals surface area (Å²) in [5.74, 6) is 0. The first kappa shape index (κ1) is 14.6. The second-order valence-electron chi connectivity index (χ2n) is 5.15. The van der Waals surface area contributed by atoms with Gasteiger partial charge in [0.15, 0.2) is 0 Å². The van der Waals surface area contributed by atoms with Crippen molar-refractivity contribution < 1.29 is 13.2 Å². The molecule has 0 atom stereocenters. The summed E-state index contributed by atoms with van der Waals surface area (Å²) in [6.07, 6.45) is -4.23. The van der Waals surface area contributed by atoms with Crippen molar-refractivity contribution >= 4 is 11.4 Å². The summed E-state index contributed by atoms with van der Waals surface area (Å²) in [5, 5.41) is 0. The van der Waals surface area contributed by atoms with E-state index in [9.17, 15) is 13.2 Å². The van der Waals surface area contributed by atoms with Crippen LogP contribution in [0.2, 0.25) is 0 Å². The summed E-state index contributed by atoms with van der Waals surface area (Å²) in [4.78, 5) is 5.88. The Labute approximate surface area is 126 Å². The number of halogens is 3. The Morgan fingerprint density at radius 1 is 0.955 bits per heavy atom. The molecule has 2 aromatic carbocycles.